The molecule has 1 atom stereocenters. The van der Waals surface area contributed by atoms with Gasteiger partial charge in [0.2, 0.25) is 5.91 Å². The number of carbonyl (C=O) groups is 2. The zero-order chi connectivity index (χ0) is 19.8. The lowest BCUT2D eigenvalue weighted by molar-refractivity contribution is -0.132. The Balaban J connectivity index is 1.76. The molecule has 0 spiro atoms. The van der Waals surface area contributed by atoms with E-state index in [1.54, 1.807) is 4.90 Å². The van der Waals surface area contributed by atoms with Crippen LogP contribution >= 0.6 is 15.9 Å². The second-order valence-electron chi connectivity index (χ2n) is 8.24. The number of amides is 2. The van der Waals surface area contributed by atoms with E-state index in [0.717, 1.165) is 4.47 Å². The van der Waals surface area contributed by atoms with Gasteiger partial charge in [0.15, 0.2) is 0 Å². The lowest BCUT2D eigenvalue weighted by Gasteiger charge is -2.49. The Bertz CT molecular complexity index is 871. The molecule has 0 saturated carbocycles. The Labute approximate surface area is 169 Å². The van der Waals surface area contributed by atoms with Gasteiger partial charge in [-0.1, -0.05) is 45.0 Å². The minimum absolute atomic E-state index is 0.0375. The van der Waals surface area contributed by atoms with E-state index in [1.807, 2.05) is 55.5 Å². The standard InChI is InChI=1S/C22H25BrN2O2/c1-21(2,3)16-11-9-15(10-12-16)19(26)25-14-13-22(25,4)20(27)24-18-8-6-5-7-17(18)23/h5-12H,13-14H2,1-4H3,(H,24,27). The molecule has 1 unspecified atom stereocenters. The molecule has 1 saturated heterocycles. The Hall–Kier alpha value is -2.14. The zero-order valence-electron chi connectivity index (χ0n) is 16.2. The van der Waals surface area contributed by atoms with Gasteiger partial charge in [0, 0.05) is 16.6 Å². The maximum atomic E-state index is 13.0. The van der Waals surface area contributed by atoms with Crippen molar-refractivity contribution in [2.24, 2.45) is 0 Å². The van der Waals surface area contributed by atoms with Crippen molar-refractivity contribution in [1.82, 2.24) is 4.90 Å². The van der Waals surface area contributed by atoms with Crippen LogP contribution in [0.25, 0.3) is 0 Å². The van der Waals surface area contributed by atoms with E-state index in [2.05, 4.69) is 42.0 Å². The average Bonchev–Trinajstić information content (AvgIpc) is 2.61. The summed E-state index contributed by atoms with van der Waals surface area (Å²) in [7, 11) is 0. The van der Waals surface area contributed by atoms with E-state index < -0.39 is 5.54 Å². The van der Waals surface area contributed by atoms with E-state index in [-0.39, 0.29) is 17.2 Å². The number of para-hydroxylation sites is 1. The van der Waals surface area contributed by atoms with E-state index in [0.29, 0.717) is 24.2 Å². The molecule has 1 aliphatic heterocycles. The SMILES string of the molecule is CC(C)(C)c1ccc(C(=O)N2CCC2(C)C(=O)Nc2ccccc2Br)cc1. The van der Waals surface area contributed by atoms with Gasteiger partial charge in [0.1, 0.15) is 5.54 Å². The second-order valence-corrected chi connectivity index (χ2v) is 9.10. The molecule has 2 aromatic carbocycles. The molecule has 5 heteroatoms. The van der Waals surface area contributed by atoms with Crippen LogP contribution in [0.5, 0.6) is 0 Å². The fourth-order valence-corrected chi connectivity index (χ4v) is 3.59. The lowest BCUT2D eigenvalue weighted by Crippen LogP contribution is -2.66. The summed E-state index contributed by atoms with van der Waals surface area (Å²) in [5, 5.41) is 2.94. The maximum absolute atomic E-state index is 13.0. The third kappa shape index (κ3) is 3.79. The van der Waals surface area contributed by atoms with Crippen molar-refractivity contribution in [1.29, 1.82) is 0 Å². The number of hydrogen-bond acceptors (Lipinski definition) is 2. The van der Waals surface area contributed by atoms with Gasteiger partial charge < -0.3 is 10.2 Å². The van der Waals surface area contributed by atoms with Crippen LogP contribution in [0.2, 0.25) is 0 Å². The highest BCUT2D eigenvalue weighted by molar-refractivity contribution is 9.10. The van der Waals surface area contributed by atoms with Crippen molar-refractivity contribution >= 4 is 33.4 Å². The van der Waals surface area contributed by atoms with Crippen LogP contribution in [0.3, 0.4) is 0 Å². The molecule has 1 heterocycles. The fourth-order valence-electron chi connectivity index (χ4n) is 3.21. The number of hydrogen-bond donors (Lipinski definition) is 1. The van der Waals surface area contributed by atoms with Crippen LogP contribution in [0.4, 0.5) is 5.69 Å². The van der Waals surface area contributed by atoms with Gasteiger partial charge in [0.05, 0.1) is 5.69 Å². The quantitative estimate of drug-likeness (QED) is 0.748. The molecule has 0 radical (unpaired) electrons. The molecular formula is C22H25BrN2O2. The first-order valence-corrected chi connectivity index (χ1v) is 9.91. The van der Waals surface area contributed by atoms with E-state index >= 15 is 0 Å². The third-order valence-electron chi connectivity index (χ3n) is 5.27. The van der Waals surface area contributed by atoms with E-state index in [4.69, 9.17) is 0 Å². The minimum atomic E-state index is -0.838. The Morgan fingerprint density at radius 1 is 1.07 bits per heavy atom. The van der Waals surface area contributed by atoms with Crippen molar-refractivity contribution in [3.8, 4) is 0 Å². The summed E-state index contributed by atoms with van der Waals surface area (Å²) in [6.07, 6.45) is 0.648. The summed E-state index contributed by atoms with van der Waals surface area (Å²) >= 11 is 3.44. The molecule has 0 aliphatic carbocycles. The number of benzene rings is 2. The molecule has 0 aromatic heterocycles. The van der Waals surface area contributed by atoms with Crippen molar-refractivity contribution in [3.63, 3.8) is 0 Å². The minimum Gasteiger partial charge on any atom is -0.324 e. The van der Waals surface area contributed by atoms with Gasteiger partial charge in [-0.25, -0.2) is 0 Å². The van der Waals surface area contributed by atoms with Crippen LogP contribution in [-0.2, 0) is 10.2 Å². The van der Waals surface area contributed by atoms with Crippen LogP contribution in [-0.4, -0.2) is 28.8 Å². The van der Waals surface area contributed by atoms with Crippen molar-refractivity contribution in [3.05, 3.63) is 64.1 Å². The van der Waals surface area contributed by atoms with Gasteiger partial charge in [0.25, 0.3) is 5.91 Å². The van der Waals surface area contributed by atoms with E-state index in [1.165, 1.54) is 5.56 Å². The summed E-state index contributed by atoms with van der Waals surface area (Å²) in [6.45, 7) is 8.83. The molecular weight excluding hydrogens is 404 g/mol. The molecule has 4 nitrogen and oxygen atoms in total. The first-order valence-electron chi connectivity index (χ1n) is 9.11. The molecule has 1 fully saturated rings. The Morgan fingerprint density at radius 3 is 2.22 bits per heavy atom. The number of halogens is 1. The van der Waals surface area contributed by atoms with Gasteiger partial charge in [-0.15, -0.1) is 0 Å². The average molecular weight is 429 g/mol. The van der Waals surface area contributed by atoms with Crippen LogP contribution in [0.15, 0.2) is 53.0 Å². The smallest absolute Gasteiger partial charge is 0.254 e. The number of likely N-dealkylation sites (tertiary alicyclic amines) is 1. The monoisotopic (exact) mass is 428 g/mol. The number of anilines is 1. The highest BCUT2D eigenvalue weighted by Crippen LogP contribution is 2.34. The summed E-state index contributed by atoms with van der Waals surface area (Å²) < 4.78 is 0.817. The molecule has 1 N–H and O–H groups in total. The highest BCUT2D eigenvalue weighted by Gasteiger charge is 2.49. The normalized spacial score (nSPS) is 19.4. The van der Waals surface area contributed by atoms with Gasteiger partial charge in [-0.2, -0.15) is 0 Å². The summed E-state index contributed by atoms with van der Waals surface area (Å²) in [4.78, 5) is 27.5. The van der Waals surface area contributed by atoms with Crippen molar-refractivity contribution in [2.45, 2.75) is 45.1 Å². The van der Waals surface area contributed by atoms with Crippen LogP contribution < -0.4 is 5.32 Å². The van der Waals surface area contributed by atoms with Gasteiger partial charge in [-0.3, -0.25) is 9.59 Å². The second kappa shape index (κ2) is 7.12. The molecule has 2 aromatic rings. The molecule has 27 heavy (non-hydrogen) atoms. The van der Waals surface area contributed by atoms with Crippen molar-refractivity contribution < 1.29 is 9.59 Å². The predicted octanol–water partition coefficient (Wildman–Crippen LogP) is 4.99. The predicted molar refractivity (Wildman–Crippen MR) is 112 cm³/mol. The molecule has 3 rings (SSSR count). The highest BCUT2D eigenvalue weighted by atomic mass is 79.9. The molecule has 142 valence electrons. The Morgan fingerprint density at radius 2 is 1.70 bits per heavy atom. The molecule has 0 bridgehead atoms. The molecule has 1 aliphatic rings. The largest absolute Gasteiger partial charge is 0.324 e. The zero-order valence-corrected chi connectivity index (χ0v) is 17.8. The first kappa shape index (κ1) is 19.6. The van der Waals surface area contributed by atoms with Crippen molar-refractivity contribution in [2.75, 3.05) is 11.9 Å². The summed E-state index contributed by atoms with van der Waals surface area (Å²) in [6, 6.07) is 15.2. The Kier molecular flexibility index (Phi) is 5.17. The van der Waals surface area contributed by atoms with Crippen LogP contribution in [0, 0.1) is 0 Å². The molecule has 2 amide bonds. The fraction of sp³-hybridized carbons (Fsp3) is 0.364. The lowest BCUT2D eigenvalue weighted by atomic mass is 9.84. The summed E-state index contributed by atoms with van der Waals surface area (Å²) in [5.41, 5.74) is 1.70. The number of carbonyl (C=O) groups excluding carboxylic acids is 2. The third-order valence-corrected chi connectivity index (χ3v) is 5.96. The maximum Gasteiger partial charge on any atom is 0.254 e. The topological polar surface area (TPSA) is 49.4 Å². The van der Waals surface area contributed by atoms with Crippen LogP contribution in [0.1, 0.15) is 50.0 Å². The summed E-state index contributed by atoms with van der Waals surface area (Å²) in [5.74, 6) is -0.271. The number of rotatable bonds is 3. The van der Waals surface area contributed by atoms with E-state index in [9.17, 15) is 9.59 Å². The first-order chi connectivity index (χ1) is 12.6. The number of nitrogens with one attached hydrogen (secondary N) is 1. The van der Waals surface area contributed by atoms with Gasteiger partial charge in [-0.05, 0) is 64.5 Å². The van der Waals surface area contributed by atoms with Gasteiger partial charge >= 0.3 is 0 Å². The number of nitrogens with zero attached hydrogens (tertiary/aromatic N) is 1.